The Labute approximate surface area is 128 Å². The van der Waals surface area contributed by atoms with Gasteiger partial charge in [-0.1, -0.05) is 36.4 Å². The first-order valence-electron chi connectivity index (χ1n) is 6.92. The Hall–Kier alpha value is -1.85. The van der Waals surface area contributed by atoms with Gasteiger partial charge in [0.25, 0.3) is 0 Å². The van der Waals surface area contributed by atoms with E-state index in [0.29, 0.717) is 6.54 Å². The number of amides is 1. The molecule has 0 spiro atoms. The van der Waals surface area contributed by atoms with Crippen LogP contribution in [-0.2, 0) is 11.3 Å². The fraction of sp³-hybridized carbons (Fsp3) is 0.250. The molecule has 21 heavy (non-hydrogen) atoms. The van der Waals surface area contributed by atoms with Gasteiger partial charge in [0.1, 0.15) is 0 Å². The van der Waals surface area contributed by atoms with Crippen molar-refractivity contribution in [3.8, 4) is 0 Å². The van der Waals surface area contributed by atoms with Gasteiger partial charge in [-0.15, -0.1) is 11.8 Å². The van der Waals surface area contributed by atoms with E-state index in [1.165, 1.54) is 0 Å². The summed E-state index contributed by atoms with van der Waals surface area (Å²) in [5.41, 5.74) is 2.22. The quantitative estimate of drug-likeness (QED) is 0.908. The average Bonchev–Trinajstić information content (AvgIpc) is 3.04. The van der Waals surface area contributed by atoms with E-state index in [4.69, 9.17) is 0 Å². The summed E-state index contributed by atoms with van der Waals surface area (Å²) in [4.78, 5) is 16.3. The molecule has 2 atom stereocenters. The number of hydrogen-bond acceptors (Lipinski definition) is 4. The van der Waals surface area contributed by atoms with Gasteiger partial charge in [0.15, 0.2) is 0 Å². The van der Waals surface area contributed by atoms with Crippen LogP contribution in [0.25, 0.3) is 0 Å². The van der Waals surface area contributed by atoms with Gasteiger partial charge in [-0.2, -0.15) is 0 Å². The summed E-state index contributed by atoms with van der Waals surface area (Å²) in [6.07, 6.45) is 3.60. The minimum absolute atomic E-state index is 0.0535. The van der Waals surface area contributed by atoms with Crippen LogP contribution >= 0.6 is 11.8 Å². The zero-order valence-electron chi connectivity index (χ0n) is 11.5. The Morgan fingerprint density at radius 1 is 1.29 bits per heavy atom. The van der Waals surface area contributed by atoms with Gasteiger partial charge in [-0.3, -0.25) is 15.1 Å². The average molecular weight is 299 g/mol. The Bertz CT molecular complexity index is 591. The first-order chi connectivity index (χ1) is 10.3. The van der Waals surface area contributed by atoms with Gasteiger partial charge in [0.05, 0.1) is 11.4 Å². The molecule has 1 fully saturated rings. The van der Waals surface area contributed by atoms with Crippen molar-refractivity contribution >= 4 is 17.7 Å². The van der Waals surface area contributed by atoms with Crippen LogP contribution in [0.4, 0.5) is 0 Å². The summed E-state index contributed by atoms with van der Waals surface area (Å²) in [6.45, 7) is 0.570. The topological polar surface area (TPSA) is 54.0 Å². The zero-order valence-corrected chi connectivity index (χ0v) is 12.3. The Morgan fingerprint density at radius 3 is 2.90 bits per heavy atom. The molecule has 2 heterocycles. The van der Waals surface area contributed by atoms with Gasteiger partial charge in [0, 0.05) is 24.7 Å². The first-order valence-corrected chi connectivity index (χ1v) is 7.97. The Balaban J connectivity index is 1.53. The molecule has 0 saturated carbocycles. The second kappa shape index (κ2) is 6.74. The lowest BCUT2D eigenvalue weighted by Crippen LogP contribution is -2.42. The molecule has 1 amide bonds. The Kier molecular flexibility index (Phi) is 4.52. The second-order valence-corrected chi connectivity index (χ2v) is 6.06. The lowest BCUT2D eigenvalue weighted by atomic mass is 10.2. The molecule has 2 N–H and O–H groups in total. The van der Waals surface area contributed by atoms with Gasteiger partial charge in [-0.05, 0) is 17.2 Å². The lowest BCUT2D eigenvalue weighted by Gasteiger charge is -2.13. The highest BCUT2D eigenvalue weighted by Crippen LogP contribution is 2.32. The van der Waals surface area contributed by atoms with E-state index in [9.17, 15) is 4.79 Å². The van der Waals surface area contributed by atoms with Crippen molar-refractivity contribution in [2.75, 3.05) is 5.75 Å². The smallest absolute Gasteiger partial charge is 0.238 e. The number of carbonyl (C=O) groups excluding carboxylic acids is 1. The molecule has 2 aromatic rings. The molecule has 0 radical (unpaired) electrons. The third-order valence-corrected chi connectivity index (χ3v) is 4.66. The normalized spacial score (nSPS) is 21.1. The molecular formula is C16H17N3OS. The van der Waals surface area contributed by atoms with Crippen LogP contribution in [-0.4, -0.2) is 22.7 Å². The number of nitrogens with zero attached hydrogens (tertiary/aromatic N) is 1. The predicted octanol–water partition coefficient (Wildman–Crippen LogP) is 2.10. The van der Waals surface area contributed by atoms with E-state index >= 15 is 0 Å². The van der Waals surface area contributed by atoms with Crippen LogP contribution in [0.2, 0.25) is 0 Å². The van der Waals surface area contributed by atoms with Crippen LogP contribution in [0.1, 0.15) is 16.5 Å². The molecule has 1 aliphatic rings. The van der Waals surface area contributed by atoms with Crippen molar-refractivity contribution in [2.45, 2.75) is 18.0 Å². The largest absolute Gasteiger partial charge is 0.351 e. The van der Waals surface area contributed by atoms with Crippen molar-refractivity contribution in [3.05, 3.63) is 66.0 Å². The highest BCUT2D eigenvalue weighted by atomic mass is 32.2. The van der Waals surface area contributed by atoms with Gasteiger partial charge in [-0.25, -0.2) is 0 Å². The van der Waals surface area contributed by atoms with Crippen molar-refractivity contribution in [1.82, 2.24) is 15.6 Å². The summed E-state index contributed by atoms with van der Waals surface area (Å²) in [5.74, 6) is 0.831. The SMILES string of the molecule is O=C(NCc1ccccc1)[C@@H]1CSC(c2cccnc2)N1. The molecule has 1 aliphatic heterocycles. The van der Waals surface area contributed by atoms with E-state index in [1.54, 1.807) is 18.0 Å². The summed E-state index contributed by atoms with van der Waals surface area (Å²) >= 11 is 1.74. The lowest BCUT2D eigenvalue weighted by molar-refractivity contribution is -0.122. The molecule has 0 aliphatic carbocycles. The third-order valence-electron chi connectivity index (χ3n) is 3.40. The number of hydrogen-bond donors (Lipinski definition) is 2. The van der Waals surface area contributed by atoms with Crippen LogP contribution in [0, 0.1) is 0 Å². The zero-order chi connectivity index (χ0) is 14.5. The minimum Gasteiger partial charge on any atom is -0.351 e. The van der Waals surface area contributed by atoms with Crippen LogP contribution in [0.15, 0.2) is 54.9 Å². The number of carbonyl (C=O) groups is 1. The summed E-state index contributed by atoms with van der Waals surface area (Å²) in [6, 6.07) is 13.7. The van der Waals surface area contributed by atoms with Gasteiger partial charge < -0.3 is 5.32 Å². The molecule has 4 nitrogen and oxygen atoms in total. The highest BCUT2D eigenvalue weighted by molar-refractivity contribution is 7.99. The van der Waals surface area contributed by atoms with Crippen molar-refractivity contribution in [3.63, 3.8) is 0 Å². The van der Waals surface area contributed by atoms with E-state index in [2.05, 4.69) is 15.6 Å². The molecule has 1 aromatic carbocycles. The number of pyridine rings is 1. The highest BCUT2D eigenvalue weighted by Gasteiger charge is 2.30. The maximum atomic E-state index is 12.2. The maximum absolute atomic E-state index is 12.2. The van der Waals surface area contributed by atoms with Gasteiger partial charge >= 0.3 is 0 Å². The molecule has 3 rings (SSSR count). The fourth-order valence-corrected chi connectivity index (χ4v) is 3.48. The fourth-order valence-electron chi connectivity index (χ4n) is 2.25. The summed E-state index contributed by atoms with van der Waals surface area (Å²) < 4.78 is 0. The maximum Gasteiger partial charge on any atom is 0.238 e. The standard InChI is InChI=1S/C16H17N3OS/c20-15(18-9-12-5-2-1-3-6-12)14-11-21-16(19-14)13-7-4-8-17-10-13/h1-8,10,14,16,19H,9,11H2,(H,18,20)/t14-,16?/m0/s1. The first kappa shape index (κ1) is 14.1. The van der Waals surface area contributed by atoms with Crippen LogP contribution in [0.3, 0.4) is 0 Å². The third kappa shape index (κ3) is 3.62. The summed E-state index contributed by atoms with van der Waals surface area (Å²) in [5, 5.41) is 6.48. The summed E-state index contributed by atoms with van der Waals surface area (Å²) in [7, 11) is 0. The number of thioether (sulfide) groups is 1. The van der Waals surface area contributed by atoms with Gasteiger partial charge in [0.2, 0.25) is 5.91 Å². The van der Waals surface area contributed by atoms with Crippen LogP contribution in [0.5, 0.6) is 0 Å². The molecule has 108 valence electrons. The number of rotatable bonds is 4. The monoisotopic (exact) mass is 299 g/mol. The molecule has 5 heteroatoms. The number of benzene rings is 1. The van der Waals surface area contributed by atoms with Crippen molar-refractivity contribution in [1.29, 1.82) is 0 Å². The second-order valence-electron chi connectivity index (χ2n) is 4.92. The molecule has 1 unspecified atom stereocenters. The minimum atomic E-state index is -0.149. The van der Waals surface area contributed by atoms with E-state index in [0.717, 1.165) is 16.9 Å². The van der Waals surface area contributed by atoms with Crippen molar-refractivity contribution < 1.29 is 4.79 Å². The molecular weight excluding hydrogens is 282 g/mol. The van der Waals surface area contributed by atoms with E-state index in [1.807, 2.05) is 48.7 Å². The predicted molar refractivity (Wildman–Crippen MR) is 84.6 cm³/mol. The Morgan fingerprint density at radius 2 is 2.14 bits per heavy atom. The molecule has 1 saturated heterocycles. The molecule has 1 aromatic heterocycles. The van der Waals surface area contributed by atoms with Crippen LogP contribution < -0.4 is 10.6 Å². The molecule has 0 bridgehead atoms. The number of aromatic nitrogens is 1. The number of nitrogens with one attached hydrogen (secondary N) is 2. The van der Waals surface area contributed by atoms with E-state index in [-0.39, 0.29) is 17.3 Å². The van der Waals surface area contributed by atoms with Crippen molar-refractivity contribution in [2.24, 2.45) is 0 Å². The van der Waals surface area contributed by atoms with E-state index < -0.39 is 0 Å².